The first-order valence-electron chi connectivity index (χ1n) is 3.16. The minimum Gasteiger partial charge on any atom is -0.312 e. The summed E-state index contributed by atoms with van der Waals surface area (Å²) in [5.74, 6) is 0. The zero-order valence-corrected chi connectivity index (χ0v) is 9.29. The lowest BCUT2D eigenvalue weighted by molar-refractivity contribution is 0.324. The van der Waals surface area contributed by atoms with Crippen LogP contribution in [0.15, 0.2) is 0 Å². The molecular weight excluding hydrogens is 196 g/mol. The fraction of sp³-hybridized carbons (Fsp3) is 0.833. The molecule has 80 valence electrons. The van der Waals surface area contributed by atoms with Crippen LogP contribution in [0.5, 0.6) is 0 Å². The summed E-state index contributed by atoms with van der Waals surface area (Å²) in [6.07, 6.45) is 0. The molecule has 0 fully saturated rings. The van der Waals surface area contributed by atoms with Gasteiger partial charge in [-0.3, -0.25) is 8.74 Å². The Labute approximate surface area is 79.7 Å². The monoisotopic (exact) mass is 212 g/mol. The van der Waals surface area contributed by atoms with E-state index in [1.165, 1.54) is 6.92 Å². The third-order valence-corrected chi connectivity index (χ3v) is 0.632. The van der Waals surface area contributed by atoms with Crippen molar-refractivity contribution in [1.82, 2.24) is 4.90 Å². The van der Waals surface area contributed by atoms with Crippen LogP contribution in [0.2, 0.25) is 0 Å². The molecule has 7 heteroatoms. The van der Waals surface area contributed by atoms with Crippen LogP contribution in [0, 0.1) is 11.3 Å². The summed E-state index contributed by atoms with van der Waals surface area (Å²) in [5, 5.41) is 7.32. The van der Waals surface area contributed by atoms with Crippen LogP contribution >= 0.6 is 0 Å². The number of nitrogens with zero attached hydrogens (tertiary/aromatic N) is 2. The molecule has 0 spiro atoms. The molecular formula is C6H16N2O4S. The van der Waals surface area contributed by atoms with Crippen LogP contribution in [0.1, 0.15) is 6.92 Å². The van der Waals surface area contributed by atoms with Gasteiger partial charge in [-0.1, -0.05) is 0 Å². The first-order valence-corrected chi connectivity index (χ1v) is 4.52. The van der Waals surface area contributed by atoms with E-state index in [1.54, 1.807) is 6.07 Å². The molecule has 0 atom stereocenters. The summed E-state index contributed by atoms with van der Waals surface area (Å²) < 4.78 is 29.7. The number of hydrogen-bond donors (Lipinski definition) is 1. The zero-order chi connectivity index (χ0) is 11.5. The molecule has 0 aliphatic rings. The highest BCUT2D eigenvalue weighted by Crippen LogP contribution is 1.74. The molecule has 13 heavy (non-hydrogen) atoms. The second-order valence-corrected chi connectivity index (χ2v) is 3.35. The SMILES string of the molecule is CC#N.CN(C)C.COS(=O)(=O)O. The summed E-state index contributed by atoms with van der Waals surface area (Å²) in [4.78, 5) is 2.00. The fourth-order valence-corrected chi connectivity index (χ4v) is 0. The van der Waals surface area contributed by atoms with Crippen molar-refractivity contribution < 1.29 is 17.2 Å². The number of hydrogen-bond acceptors (Lipinski definition) is 5. The van der Waals surface area contributed by atoms with E-state index in [0.29, 0.717) is 0 Å². The van der Waals surface area contributed by atoms with Gasteiger partial charge < -0.3 is 4.90 Å². The Morgan fingerprint density at radius 2 is 1.46 bits per heavy atom. The van der Waals surface area contributed by atoms with E-state index in [9.17, 15) is 8.42 Å². The van der Waals surface area contributed by atoms with Crippen molar-refractivity contribution >= 4 is 10.4 Å². The summed E-state index contributed by atoms with van der Waals surface area (Å²) in [5.41, 5.74) is 0. The Bertz CT molecular complexity index is 215. The Balaban J connectivity index is -0.000000125. The Kier molecular flexibility index (Phi) is 15.8. The Hall–Kier alpha value is -0.680. The second kappa shape index (κ2) is 11.3. The van der Waals surface area contributed by atoms with Gasteiger partial charge in [-0.15, -0.1) is 0 Å². The average molecular weight is 212 g/mol. The minimum absolute atomic E-state index is 0.870. The highest BCUT2D eigenvalue weighted by Gasteiger charge is 1.93. The van der Waals surface area contributed by atoms with Crippen LogP contribution in [0.25, 0.3) is 0 Å². The van der Waals surface area contributed by atoms with Crippen molar-refractivity contribution in [3.63, 3.8) is 0 Å². The van der Waals surface area contributed by atoms with Gasteiger partial charge >= 0.3 is 10.4 Å². The Morgan fingerprint density at radius 3 is 1.46 bits per heavy atom. The Morgan fingerprint density at radius 1 is 1.38 bits per heavy atom. The summed E-state index contributed by atoms with van der Waals surface area (Å²) in [6.45, 7) is 1.43. The second-order valence-electron chi connectivity index (χ2n) is 2.16. The molecule has 0 aromatic carbocycles. The quantitative estimate of drug-likeness (QED) is 0.622. The van der Waals surface area contributed by atoms with Crippen LogP contribution < -0.4 is 0 Å². The van der Waals surface area contributed by atoms with E-state index < -0.39 is 10.4 Å². The van der Waals surface area contributed by atoms with Crippen LogP contribution in [0.3, 0.4) is 0 Å². The molecule has 0 radical (unpaired) electrons. The van der Waals surface area contributed by atoms with Crippen LogP contribution in [0.4, 0.5) is 0 Å². The maximum atomic E-state index is 9.33. The van der Waals surface area contributed by atoms with Crippen LogP contribution in [-0.4, -0.2) is 46.1 Å². The van der Waals surface area contributed by atoms with E-state index in [1.807, 2.05) is 26.0 Å². The highest BCUT2D eigenvalue weighted by molar-refractivity contribution is 7.80. The molecule has 0 rings (SSSR count). The molecule has 0 heterocycles. The molecule has 1 N–H and O–H groups in total. The number of rotatable bonds is 1. The third-order valence-electron chi connectivity index (χ3n) is 0.211. The largest absolute Gasteiger partial charge is 0.397 e. The maximum absolute atomic E-state index is 9.33. The maximum Gasteiger partial charge on any atom is 0.397 e. The van der Waals surface area contributed by atoms with E-state index in [2.05, 4.69) is 4.18 Å². The molecule has 0 aromatic heterocycles. The first-order chi connectivity index (χ1) is 5.71. The first kappa shape index (κ1) is 18.2. The van der Waals surface area contributed by atoms with Gasteiger partial charge in [-0.25, -0.2) is 0 Å². The van der Waals surface area contributed by atoms with E-state index in [0.717, 1.165) is 7.11 Å². The summed E-state index contributed by atoms with van der Waals surface area (Å²) in [6, 6.07) is 1.75. The molecule has 6 nitrogen and oxygen atoms in total. The molecule has 0 bridgehead atoms. The average Bonchev–Trinajstić information content (AvgIpc) is 1.86. The van der Waals surface area contributed by atoms with Crippen molar-refractivity contribution in [1.29, 1.82) is 5.26 Å². The zero-order valence-electron chi connectivity index (χ0n) is 8.47. The van der Waals surface area contributed by atoms with Crippen molar-refractivity contribution in [2.45, 2.75) is 6.92 Å². The number of nitriles is 1. The predicted molar refractivity (Wildman–Crippen MR) is 49.5 cm³/mol. The lowest BCUT2D eigenvalue weighted by Crippen LogP contribution is -1.99. The van der Waals surface area contributed by atoms with E-state index in [-0.39, 0.29) is 0 Å². The van der Waals surface area contributed by atoms with Gasteiger partial charge in [-0.2, -0.15) is 13.7 Å². The highest BCUT2D eigenvalue weighted by atomic mass is 32.3. The van der Waals surface area contributed by atoms with Gasteiger partial charge in [0.2, 0.25) is 0 Å². The van der Waals surface area contributed by atoms with E-state index in [4.69, 9.17) is 9.81 Å². The van der Waals surface area contributed by atoms with Crippen molar-refractivity contribution in [2.75, 3.05) is 28.3 Å². The molecule has 0 amide bonds. The van der Waals surface area contributed by atoms with Gasteiger partial charge in [-0.05, 0) is 21.1 Å². The van der Waals surface area contributed by atoms with Gasteiger partial charge in [0.15, 0.2) is 0 Å². The molecule has 0 saturated carbocycles. The van der Waals surface area contributed by atoms with Gasteiger partial charge in [0.1, 0.15) is 0 Å². The lowest BCUT2D eigenvalue weighted by Gasteiger charge is -1.90. The minimum atomic E-state index is -4.16. The molecule has 0 aliphatic heterocycles. The topological polar surface area (TPSA) is 90.6 Å². The standard InChI is InChI=1S/C3H9N.C2H3N.CH4O4S/c1-4(2)3;1-2-3;1-5-6(2,3)4/h1-3H3;1H3;1H3,(H,2,3,4). The summed E-state index contributed by atoms with van der Waals surface area (Å²) >= 11 is 0. The smallest absolute Gasteiger partial charge is 0.312 e. The van der Waals surface area contributed by atoms with Crippen molar-refractivity contribution in [2.24, 2.45) is 0 Å². The van der Waals surface area contributed by atoms with Crippen molar-refractivity contribution in [3.05, 3.63) is 0 Å². The normalized spacial score (nSPS) is 8.77. The van der Waals surface area contributed by atoms with Crippen molar-refractivity contribution in [3.8, 4) is 6.07 Å². The third kappa shape index (κ3) is 183. The molecule has 0 unspecified atom stereocenters. The molecule has 0 aromatic rings. The van der Waals surface area contributed by atoms with Gasteiger partial charge in [0.25, 0.3) is 0 Å². The molecule has 0 saturated heterocycles. The summed E-state index contributed by atoms with van der Waals surface area (Å²) in [7, 11) is 2.71. The predicted octanol–water partition coefficient (Wildman–Crippen LogP) is 0.143. The lowest BCUT2D eigenvalue weighted by atomic mass is 11.0. The fourth-order valence-electron chi connectivity index (χ4n) is 0. The van der Waals surface area contributed by atoms with Crippen LogP contribution in [-0.2, 0) is 14.6 Å². The van der Waals surface area contributed by atoms with E-state index >= 15 is 0 Å². The van der Waals surface area contributed by atoms with Gasteiger partial charge in [0, 0.05) is 6.92 Å². The van der Waals surface area contributed by atoms with Gasteiger partial charge in [0.05, 0.1) is 13.2 Å². The molecule has 0 aliphatic carbocycles.